The largest absolute Gasteiger partial charge is 0.371 e. The number of ether oxygens (including phenoxy) is 1. The quantitative estimate of drug-likeness (QED) is 0.752. The molecule has 1 heterocycles. The summed E-state index contributed by atoms with van der Waals surface area (Å²) in [7, 11) is 0. The normalized spacial score (nSPS) is 20.4. The van der Waals surface area contributed by atoms with Crippen LogP contribution in [-0.4, -0.2) is 24.6 Å². The van der Waals surface area contributed by atoms with Gasteiger partial charge in [-0.05, 0) is 42.3 Å². The fourth-order valence-electron chi connectivity index (χ4n) is 2.91. The maximum absolute atomic E-state index is 13.5. The van der Waals surface area contributed by atoms with Gasteiger partial charge >= 0.3 is 0 Å². The highest BCUT2D eigenvalue weighted by Crippen LogP contribution is 2.30. The van der Waals surface area contributed by atoms with Crippen LogP contribution in [0.3, 0.4) is 0 Å². The minimum Gasteiger partial charge on any atom is -0.371 e. The van der Waals surface area contributed by atoms with Gasteiger partial charge in [-0.1, -0.05) is 34.1 Å². The smallest absolute Gasteiger partial charge is 0.159 e. The Morgan fingerprint density at radius 2 is 2.00 bits per heavy atom. The molecule has 122 valence electrons. The third-order valence-electron chi connectivity index (χ3n) is 4.29. The van der Waals surface area contributed by atoms with Gasteiger partial charge < -0.3 is 4.74 Å². The van der Waals surface area contributed by atoms with Crippen molar-refractivity contribution in [2.75, 3.05) is 19.7 Å². The molecule has 0 aliphatic carbocycles. The van der Waals surface area contributed by atoms with Crippen LogP contribution in [0.5, 0.6) is 0 Å². The molecule has 2 nitrogen and oxygen atoms in total. The molecule has 1 aliphatic rings. The second kappa shape index (κ2) is 7.07. The monoisotopic (exact) mass is 381 g/mol. The number of halogens is 3. The lowest BCUT2D eigenvalue weighted by Gasteiger charge is -2.37. The van der Waals surface area contributed by atoms with Crippen LogP contribution in [0, 0.1) is 11.6 Å². The Labute approximate surface area is 143 Å². The van der Waals surface area contributed by atoms with Gasteiger partial charge in [0.15, 0.2) is 11.6 Å². The number of rotatable bonds is 3. The van der Waals surface area contributed by atoms with Crippen molar-refractivity contribution in [2.24, 2.45) is 0 Å². The van der Waals surface area contributed by atoms with Crippen LogP contribution < -0.4 is 0 Å². The highest BCUT2D eigenvalue weighted by molar-refractivity contribution is 9.10. The average molecular weight is 382 g/mol. The van der Waals surface area contributed by atoms with Crippen LogP contribution in [-0.2, 0) is 4.74 Å². The summed E-state index contributed by atoms with van der Waals surface area (Å²) in [5, 5.41) is 0. The van der Waals surface area contributed by atoms with E-state index in [1.807, 2.05) is 25.1 Å². The lowest BCUT2D eigenvalue weighted by Crippen LogP contribution is -2.39. The molecule has 0 saturated carbocycles. The van der Waals surface area contributed by atoms with Crippen molar-refractivity contribution in [1.29, 1.82) is 0 Å². The maximum atomic E-state index is 13.5. The fourth-order valence-corrected chi connectivity index (χ4v) is 3.33. The number of hydrogen-bond acceptors (Lipinski definition) is 2. The average Bonchev–Trinajstić information content (AvgIpc) is 2.57. The molecule has 2 aromatic rings. The van der Waals surface area contributed by atoms with E-state index < -0.39 is 11.6 Å². The summed E-state index contributed by atoms with van der Waals surface area (Å²) in [4.78, 5) is 2.24. The zero-order valence-corrected chi connectivity index (χ0v) is 14.4. The van der Waals surface area contributed by atoms with Crippen molar-refractivity contribution in [3.8, 4) is 0 Å². The van der Waals surface area contributed by atoms with Crippen LogP contribution in [0.4, 0.5) is 8.78 Å². The SMILES string of the molecule is CC(c1ccc(F)c(F)c1)N1CCOC(c2cccc(Br)c2)C1. The van der Waals surface area contributed by atoms with Gasteiger partial charge in [-0.2, -0.15) is 0 Å². The van der Waals surface area contributed by atoms with Gasteiger partial charge in [0.2, 0.25) is 0 Å². The molecule has 0 amide bonds. The molecule has 1 saturated heterocycles. The Hall–Kier alpha value is -1.30. The van der Waals surface area contributed by atoms with E-state index in [1.165, 1.54) is 12.1 Å². The highest BCUT2D eigenvalue weighted by atomic mass is 79.9. The highest BCUT2D eigenvalue weighted by Gasteiger charge is 2.26. The van der Waals surface area contributed by atoms with Crippen molar-refractivity contribution in [3.05, 3.63) is 69.7 Å². The van der Waals surface area contributed by atoms with Gasteiger partial charge in [-0.25, -0.2) is 8.78 Å². The van der Waals surface area contributed by atoms with E-state index in [0.29, 0.717) is 6.61 Å². The van der Waals surface area contributed by atoms with E-state index in [-0.39, 0.29) is 12.1 Å². The first kappa shape index (κ1) is 16.6. The molecule has 1 fully saturated rings. The second-order valence-electron chi connectivity index (χ2n) is 5.76. The van der Waals surface area contributed by atoms with Crippen molar-refractivity contribution in [1.82, 2.24) is 4.90 Å². The van der Waals surface area contributed by atoms with E-state index in [4.69, 9.17) is 4.74 Å². The predicted molar refractivity (Wildman–Crippen MR) is 89.2 cm³/mol. The zero-order chi connectivity index (χ0) is 16.4. The Kier molecular flexibility index (Phi) is 5.09. The number of hydrogen-bond donors (Lipinski definition) is 0. The lowest BCUT2D eigenvalue weighted by atomic mass is 10.0. The predicted octanol–water partition coefficient (Wildman–Crippen LogP) is 4.86. The van der Waals surface area contributed by atoms with Crippen LogP contribution >= 0.6 is 15.9 Å². The fraction of sp³-hybridized carbons (Fsp3) is 0.333. The van der Waals surface area contributed by atoms with E-state index >= 15 is 0 Å². The third kappa shape index (κ3) is 3.79. The minimum absolute atomic E-state index is 0.00338. The Morgan fingerprint density at radius 3 is 2.74 bits per heavy atom. The molecule has 2 unspecified atom stereocenters. The molecule has 2 atom stereocenters. The molecular formula is C18H18BrF2NO. The number of benzene rings is 2. The summed E-state index contributed by atoms with van der Waals surface area (Å²) in [6.07, 6.45) is -0.0194. The molecule has 0 spiro atoms. The van der Waals surface area contributed by atoms with Gasteiger partial charge in [-0.15, -0.1) is 0 Å². The van der Waals surface area contributed by atoms with Crippen molar-refractivity contribution < 1.29 is 13.5 Å². The summed E-state index contributed by atoms with van der Waals surface area (Å²) in [6.45, 7) is 4.11. The molecule has 0 aromatic heterocycles. The molecule has 23 heavy (non-hydrogen) atoms. The van der Waals surface area contributed by atoms with Gasteiger partial charge in [0.05, 0.1) is 12.7 Å². The van der Waals surface area contributed by atoms with E-state index in [2.05, 4.69) is 26.9 Å². The van der Waals surface area contributed by atoms with Crippen LogP contribution in [0.1, 0.15) is 30.2 Å². The Morgan fingerprint density at radius 1 is 1.17 bits per heavy atom. The van der Waals surface area contributed by atoms with Crippen molar-refractivity contribution in [3.63, 3.8) is 0 Å². The topological polar surface area (TPSA) is 12.5 Å². The molecule has 1 aliphatic heterocycles. The molecule has 0 radical (unpaired) electrons. The molecule has 0 N–H and O–H groups in total. The zero-order valence-electron chi connectivity index (χ0n) is 12.8. The van der Waals surface area contributed by atoms with Gasteiger partial charge in [0.1, 0.15) is 0 Å². The van der Waals surface area contributed by atoms with Gasteiger partial charge in [0, 0.05) is 23.6 Å². The third-order valence-corrected chi connectivity index (χ3v) is 4.79. The van der Waals surface area contributed by atoms with Crippen LogP contribution in [0.15, 0.2) is 46.9 Å². The standard InChI is InChI=1S/C18H18BrF2NO/c1-12(13-5-6-16(20)17(21)10-13)22-7-8-23-18(11-22)14-3-2-4-15(19)9-14/h2-6,9-10,12,18H,7-8,11H2,1H3. The summed E-state index contributed by atoms with van der Waals surface area (Å²) in [5.41, 5.74) is 1.89. The van der Waals surface area contributed by atoms with Gasteiger partial charge in [0.25, 0.3) is 0 Å². The van der Waals surface area contributed by atoms with Crippen molar-refractivity contribution in [2.45, 2.75) is 19.1 Å². The van der Waals surface area contributed by atoms with Gasteiger partial charge in [-0.3, -0.25) is 4.90 Å². The lowest BCUT2D eigenvalue weighted by molar-refractivity contribution is -0.0431. The Balaban J connectivity index is 1.76. The first-order valence-corrected chi connectivity index (χ1v) is 8.40. The Bertz CT molecular complexity index is 694. The van der Waals surface area contributed by atoms with E-state index in [1.54, 1.807) is 6.07 Å². The summed E-state index contributed by atoms with van der Waals surface area (Å²) in [6, 6.07) is 12.2. The first-order valence-electron chi connectivity index (χ1n) is 7.60. The van der Waals surface area contributed by atoms with E-state index in [0.717, 1.165) is 28.7 Å². The van der Waals surface area contributed by atoms with E-state index in [9.17, 15) is 8.78 Å². The maximum Gasteiger partial charge on any atom is 0.159 e. The molecule has 0 bridgehead atoms. The number of morpholine rings is 1. The summed E-state index contributed by atoms with van der Waals surface area (Å²) >= 11 is 3.48. The summed E-state index contributed by atoms with van der Waals surface area (Å²) in [5.74, 6) is -1.61. The van der Waals surface area contributed by atoms with Crippen LogP contribution in [0.2, 0.25) is 0 Å². The molecule has 3 rings (SSSR count). The second-order valence-corrected chi connectivity index (χ2v) is 6.67. The molecule has 2 aromatic carbocycles. The first-order chi connectivity index (χ1) is 11.0. The number of nitrogens with zero attached hydrogens (tertiary/aromatic N) is 1. The van der Waals surface area contributed by atoms with Crippen LogP contribution in [0.25, 0.3) is 0 Å². The summed E-state index contributed by atoms with van der Waals surface area (Å²) < 4.78 is 33.5. The molecule has 5 heteroatoms. The minimum atomic E-state index is -0.810. The molecular weight excluding hydrogens is 364 g/mol. The van der Waals surface area contributed by atoms with Crippen molar-refractivity contribution >= 4 is 15.9 Å².